The first-order valence-corrected chi connectivity index (χ1v) is 6.77. The van der Waals surface area contributed by atoms with Gasteiger partial charge in [-0.25, -0.2) is 4.98 Å². The first-order chi connectivity index (χ1) is 9.25. The van der Waals surface area contributed by atoms with Gasteiger partial charge in [-0.2, -0.15) is 0 Å². The molecule has 2 heterocycles. The number of fused-ring (bicyclic) bond motifs is 1. The first-order valence-electron chi connectivity index (χ1n) is 6.77. The summed E-state index contributed by atoms with van der Waals surface area (Å²) in [5.41, 5.74) is 1.31. The molecule has 0 unspecified atom stereocenters. The summed E-state index contributed by atoms with van der Waals surface area (Å²) in [5.74, 6) is 1.03. The van der Waals surface area contributed by atoms with Gasteiger partial charge < -0.3 is 15.1 Å². The fourth-order valence-corrected chi connectivity index (χ4v) is 2.63. The Balaban J connectivity index is 2.01. The fraction of sp³-hybridized carbons (Fsp3) is 0.400. The zero-order chi connectivity index (χ0) is 13.2. The van der Waals surface area contributed by atoms with Crippen LogP contribution in [0.5, 0.6) is 0 Å². The van der Waals surface area contributed by atoms with Crippen LogP contribution >= 0.6 is 0 Å². The number of pyridine rings is 1. The van der Waals surface area contributed by atoms with Gasteiger partial charge in [0.15, 0.2) is 0 Å². The fourth-order valence-electron chi connectivity index (χ4n) is 2.63. The molecule has 1 aromatic heterocycles. The third-order valence-corrected chi connectivity index (χ3v) is 3.63. The number of benzene rings is 1. The second kappa shape index (κ2) is 5.05. The van der Waals surface area contributed by atoms with Crippen LogP contribution < -0.4 is 15.1 Å². The molecule has 0 aliphatic carbocycles. The smallest absolute Gasteiger partial charge is 0.135 e. The lowest BCUT2D eigenvalue weighted by Crippen LogP contribution is -2.43. The van der Waals surface area contributed by atoms with E-state index >= 15 is 0 Å². The van der Waals surface area contributed by atoms with Crippen molar-refractivity contribution in [3.05, 3.63) is 30.5 Å². The molecule has 1 N–H and O–H groups in total. The van der Waals surface area contributed by atoms with E-state index in [2.05, 4.69) is 44.4 Å². The SMILES string of the molecule is CN(C)c1nccc2cc(N3CCNCC3)ccc12. The topological polar surface area (TPSA) is 31.4 Å². The van der Waals surface area contributed by atoms with Crippen LogP contribution in [-0.2, 0) is 0 Å². The zero-order valence-electron chi connectivity index (χ0n) is 11.6. The van der Waals surface area contributed by atoms with E-state index in [1.807, 2.05) is 20.3 Å². The van der Waals surface area contributed by atoms with Crippen molar-refractivity contribution in [2.75, 3.05) is 50.1 Å². The predicted molar refractivity (Wildman–Crippen MR) is 81.2 cm³/mol. The van der Waals surface area contributed by atoms with E-state index in [4.69, 9.17) is 0 Å². The van der Waals surface area contributed by atoms with Crippen molar-refractivity contribution in [1.82, 2.24) is 10.3 Å². The number of hydrogen-bond acceptors (Lipinski definition) is 4. The van der Waals surface area contributed by atoms with Crippen molar-refractivity contribution in [1.29, 1.82) is 0 Å². The Morgan fingerprint density at radius 3 is 2.68 bits per heavy atom. The third-order valence-electron chi connectivity index (χ3n) is 3.63. The summed E-state index contributed by atoms with van der Waals surface area (Å²) < 4.78 is 0. The van der Waals surface area contributed by atoms with Gasteiger partial charge >= 0.3 is 0 Å². The average Bonchev–Trinajstić information content (AvgIpc) is 2.47. The number of hydrogen-bond donors (Lipinski definition) is 1. The van der Waals surface area contributed by atoms with Crippen LogP contribution in [0.3, 0.4) is 0 Å². The molecule has 3 rings (SSSR count). The summed E-state index contributed by atoms with van der Waals surface area (Å²) in [5, 5.41) is 5.86. The molecule has 1 saturated heterocycles. The van der Waals surface area contributed by atoms with Gasteiger partial charge in [-0.1, -0.05) is 0 Å². The molecule has 1 fully saturated rings. The number of anilines is 2. The van der Waals surface area contributed by atoms with Crippen LogP contribution in [0.25, 0.3) is 10.8 Å². The second-order valence-electron chi connectivity index (χ2n) is 5.17. The molecule has 100 valence electrons. The third kappa shape index (κ3) is 2.36. The van der Waals surface area contributed by atoms with E-state index < -0.39 is 0 Å². The van der Waals surface area contributed by atoms with Crippen molar-refractivity contribution < 1.29 is 0 Å². The highest BCUT2D eigenvalue weighted by Crippen LogP contribution is 2.27. The summed E-state index contributed by atoms with van der Waals surface area (Å²) in [6.45, 7) is 4.29. The molecule has 1 aliphatic rings. The van der Waals surface area contributed by atoms with Crippen LogP contribution in [0.2, 0.25) is 0 Å². The van der Waals surface area contributed by atoms with Gasteiger partial charge in [-0.05, 0) is 29.7 Å². The van der Waals surface area contributed by atoms with Crippen molar-refractivity contribution >= 4 is 22.3 Å². The van der Waals surface area contributed by atoms with E-state index in [-0.39, 0.29) is 0 Å². The molecule has 4 heteroatoms. The van der Waals surface area contributed by atoms with E-state index in [1.54, 1.807) is 0 Å². The maximum atomic E-state index is 4.45. The van der Waals surface area contributed by atoms with Gasteiger partial charge in [-0.15, -0.1) is 0 Å². The standard InChI is InChI=1S/C15H20N4/c1-18(2)15-14-4-3-13(11-12(14)5-6-17-15)19-9-7-16-8-10-19/h3-6,11,16H,7-10H2,1-2H3. The normalized spacial score (nSPS) is 15.8. The minimum absolute atomic E-state index is 1.03. The Hall–Kier alpha value is -1.81. The number of aromatic nitrogens is 1. The van der Waals surface area contributed by atoms with E-state index in [9.17, 15) is 0 Å². The zero-order valence-corrected chi connectivity index (χ0v) is 11.6. The van der Waals surface area contributed by atoms with Gasteiger partial charge in [0.25, 0.3) is 0 Å². The van der Waals surface area contributed by atoms with Gasteiger partial charge in [0.2, 0.25) is 0 Å². The van der Waals surface area contributed by atoms with Crippen LogP contribution in [0.15, 0.2) is 30.5 Å². The molecule has 0 bridgehead atoms. The molecule has 0 spiro atoms. The molecule has 1 aromatic carbocycles. The van der Waals surface area contributed by atoms with E-state index in [1.165, 1.54) is 16.5 Å². The number of nitrogens with zero attached hydrogens (tertiary/aromatic N) is 3. The number of nitrogens with one attached hydrogen (secondary N) is 1. The molecule has 2 aromatic rings. The average molecular weight is 256 g/mol. The Morgan fingerprint density at radius 2 is 1.95 bits per heavy atom. The van der Waals surface area contributed by atoms with Crippen LogP contribution in [0.4, 0.5) is 11.5 Å². The summed E-state index contributed by atoms with van der Waals surface area (Å²) >= 11 is 0. The van der Waals surface area contributed by atoms with Gasteiger partial charge in [0.1, 0.15) is 5.82 Å². The Labute approximate surface area is 114 Å². The summed E-state index contributed by atoms with van der Waals surface area (Å²) in [4.78, 5) is 8.95. The lowest BCUT2D eigenvalue weighted by Gasteiger charge is -2.29. The number of piperazine rings is 1. The van der Waals surface area contributed by atoms with Gasteiger partial charge in [0, 0.05) is 57.5 Å². The minimum atomic E-state index is 1.03. The lowest BCUT2D eigenvalue weighted by molar-refractivity contribution is 0.589. The molecule has 0 radical (unpaired) electrons. The maximum Gasteiger partial charge on any atom is 0.135 e. The Morgan fingerprint density at radius 1 is 1.16 bits per heavy atom. The molecule has 0 amide bonds. The van der Waals surface area contributed by atoms with Crippen molar-refractivity contribution in [3.63, 3.8) is 0 Å². The summed E-state index contributed by atoms with van der Waals surface area (Å²) in [6, 6.07) is 8.76. The Kier molecular flexibility index (Phi) is 3.25. The lowest BCUT2D eigenvalue weighted by atomic mass is 10.1. The van der Waals surface area contributed by atoms with Crippen LogP contribution in [0, 0.1) is 0 Å². The molecule has 4 nitrogen and oxygen atoms in total. The van der Waals surface area contributed by atoms with Crippen molar-refractivity contribution in [2.45, 2.75) is 0 Å². The summed E-state index contributed by atoms with van der Waals surface area (Å²) in [7, 11) is 4.07. The largest absolute Gasteiger partial charge is 0.369 e. The minimum Gasteiger partial charge on any atom is -0.369 e. The van der Waals surface area contributed by atoms with Gasteiger partial charge in [-0.3, -0.25) is 0 Å². The highest BCUT2D eigenvalue weighted by Gasteiger charge is 2.12. The van der Waals surface area contributed by atoms with Crippen molar-refractivity contribution in [2.24, 2.45) is 0 Å². The van der Waals surface area contributed by atoms with E-state index in [0.717, 1.165) is 32.0 Å². The van der Waals surface area contributed by atoms with Gasteiger partial charge in [0.05, 0.1) is 0 Å². The second-order valence-corrected chi connectivity index (χ2v) is 5.17. The molecular formula is C15H20N4. The monoisotopic (exact) mass is 256 g/mol. The van der Waals surface area contributed by atoms with Crippen LogP contribution in [-0.4, -0.2) is 45.3 Å². The highest BCUT2D eigenvalue weighted by molar-refractivity contribution is 5.94. The summed E-state index contributed by atoms with van der Waals surface area (Å²) in [6.07, 6.45) is 1.89. The molecular weight excluding hydrogens is 236 g/mol. The predicted octanol–water partition coefficient (Wildman–Crippen LogP) is 1.71. The van der Waals surface area contributed by atoms with Crippen molar-refractivity contribution in [3.8, 4) is 0 Å². The molecule has 19 heavy (non-hydrogen) atoms. The quantitative estimate of drug-likeness (QED) is 0.886. The number of rotatable bonds is 2. The molecule has 1 aliphatic heterocycles. The first kappa shape index (κ1) is 12.2. The van der Waals surface area contributed by atoms with E-state index in [0.29, 0.717) is 0 Å². The maximum absolute atomic E-state index is 4.45. The highest BCUT2D eigenvalue weighted by atomic mass is 15.2. The Bertz CT molecular complexity index is 573. The van der Waals surface area contributed by atoms with Crippen LogP contribution in [0.1, 0.15) is 0 Å². The molecule has 0 saturated carbocycles. The molecule has 0 atom stereocenters.